The first kappa shape index (κ1) is 11.9. The van der Waals surface area contributed by atoms with Gasteiger partial charge in [0.1, 0.15) is 5.75 Å². The highest BCUT2D eigenvalue weighted by atomic mass is 19.3. The SMILES string of the molecule is COc1ccc(C(F)F)c(C(C)CN)c1. The molecule has 1 rings (SSSR count). The summed E-state index contributed by atoms with van der Waals surface area (Å²) in [6, 6.07) is 4.55. The molecule has 0 saturated carbocycles. The summed E-state index contributed by atoms with van der Waals surface area (Å²) in [7, 11) is 1.51. The molecule has 0 radical (unpaired) electrons. The van der Waals surface area contributed by atoms with Crippen LogP contribution in [0, 0.1) is 0 Å². The van der Waals surface area contributed by atoms with Crippen molar-refractivity contribution in [3.8, 4) is 5.75 Å². The normalized spacial score (nSPS) is 12.9. The van der Waals surface area contributed by atoms with Gasteiger partial charge in [0.05, 0.1) is 7.11 Å². The summed E-state index contributed by atoms with van der Waals surface area (Å²) < 4.78 is 30.4. The lowest BCUT2D eigenvalue weighted by molar-refractivity contribution is 0.149. The molecule has 1 unspecified atom stereocenters. The minimum Gasteiger partial charge on any atom is -0.497 e. The Morgan fingerprint density at radius 1 is 1.33 bits per heavy atom. The van der Waals surface area contributed by atoms with Crippen LogP contribution in [0.15, 0.2) is 18.2 Å². The zero-order valence-corrected chi connectivity index (χ0v) is 8.84. The maximum atomic E-state index is 12.7. The van der Waals surface area contributed by atoms with Crippen molar-refractivity contribution in [1.82, 2.24) is 0 Å². The van der Waals surface area contributed by atoms with Crippen LogP contribution in [0.1, 0.15) is 30.4 Å². The summed E-state index contributed by atoms with van der Waals surface area (Å²) >= 11 is 0. The molecule has 0 aromatic heterocycles. The lowest BCUT2D eigenvalue weighted by atomic mass is 9.95. The molecule has 0 amide bonds. The van der Waals surface area contributed by atoms with Gasteiger partial charge in [0, 0.05) is 5.56 Å². The average Bonchev–Trinajstić information content (AvgIpc) is 2.26. The number of halogens is 2. The molecule has 1 aromatic carbocycles. The standard InChI is InChI=1S/C11H15F2NO/c1-7(6-14)10-5-8(15-2)3-4-9(10)11(12)13/h3-5,7,11H,6,14H2,1-2H3. The molecular weight excluding hydrogens is 200 g/mol. The van der Waals surface area contributed by atoms with E-state index in [1.54, 1.807) is 6.07 Å². The first-order valence-electron chi connectivity index (χ1n) is 4.76. The van der Waals surface area contributed by atoms with Crippen LogP contribution < -0.4 is 10.5 Å². The topological polar surface area (TPSA) is 35.2 Å². The molecule has 84 valence electrons. The minimum absolute atomic E-state index is 0.0359. The third kappa shape index (κ3) is 2.65. The van der Waals surface area contributed by atoms with Gasteiger partial charge in [-0.25, -0.2) is 8.78 Å². The molecule has 15 heavy (non-hydrogen) atoms. The van der Waals surface area contributed by atoms with Crippen molar-refractivity contribution >= 4 is 0 Å². The summed E-state index contributed by atoms with van der Waals surface area (Å²) in [5.74, 6) is 0.485. The number of alkyl halides is 2. The van der Waals surface area contributed by atoms with E-state index >= 15 is 0 Å². The predicted octanol–water partition coefficient (Wildman–Crippen LogP) is 2.70. The highest BCUT2D eigenvalue weighted by Crippen LogP contribution is 2.31. The van der Waals surface area contributed by atoms with Gasteiger partial charge in [0.25, 0.3) is 6.43 Å². The minimum atomic E-state index is -2.47. The summed E-state index contributed by atoms with van der Waals surface area (Å²) in [6.07, 6.45) is -2.47. The van der Waals surface area contributed by atoms with Gasteiger partial charge >= 0.3 is 0 Å². The number of nitrogens with two attached hydrogens (primary N) is 1. The molecule has 2 nitrogen and oxygen atoms in total. The summed E-state index contributed by atoms with van der Waals surface area (Å²) in [5.41, 5.74) is 6.08. The molecule has 4 heteroatoms. The molecule has 0 aliphatic rings. The first-order chi connectivity index (χ1) is 7.10. The molecule has 2 N–H and O–H groups in total. The third-order valence-electron chi connectivity index (χ3n) is 2.41. The van der Waals surface area contributed by atoms with Crippen LogP contribution in [0.4, 0.5) is 8.78 Å². The molecule has 1 aromatic rings. The first-order valence-corrected chi connectivity index (χ1v) is 4.76. The van der Waals surface area contributed by atoms with Crippen molar-refractivity contribution in [1.29, 1.82) is 0 Å². The van der Waals surface area contributed by atoms with Crippen molar-refractivity contribution in [3.05, 3.63) is 29.3 Å². The van der Waals surface area contributed by atoms with Crippen molar-refractivity contribution in [3.63, 3.8) is 0 Å². The molecule has 0 saturated heterocycles. The zero-order chi connectivity index (χ0) is 11.4. The van der Waals surface area contributed by atoms with Gasteiger partial charge in [-0.15, -0.1) is 0 Å². The number of hydrogen-bond acceptors (Lipinski definition) is 2. The lowest BCUT2D eigenvalue weighted by Crippen LogP contribution is -2.11. The van der Waals surface area contributed by atoms with Gasteiger partial charge in [-0.1, -0.05) is 6.92 Å². The Balaban J connectivity index is 3.16. The Hall–Kier alpha value is -1.16. The second-order valence-corrected chi connectivity index (χ2v) is 3.43. The Labute approximate surface area is 88.0 Å². The quantitative estimate of drug-likeness (QED) is 0.838. The maximum Gasteiger partial charge on any atom is 0.264 e. The largest absolute Gasteiger partial charge is 0.497 e. The fourth-order valence-corrected chi connectivity index (χ4v) is 1.43. The highest BCUT2D eigenvalue weighted by Gasteiger charge is 2.17. The van der Waals surface area contributed by atoms with E-state index in [2.05, 4.69) is 0 Å². The summed E-state index contributed by atoms with van der Waals surface area (Å²) in [6.45, 7) is 2.16. The van der Waals surface area contributed by atoms with Crippen LogP contribution >= 0.6 is 0 Å². The second-order valence-electron chi connectivity index (χ2n) is 3.43. The summed E-state index contributed by atoms with van der Waals surface area (Å²) in [5, 5.41) is 0. The summed E-state index contributed by atoms with van der Waals surface area (Å²) in [4.78, 5) is 0. The van der Waals surface area contributed by atoms with E-state index in [4.69, 9.17) is 10.5 Å². The second kappa shape index (κ2) is 5.07. The van der Waals surface area contributed by atoms with Crippen molar-refractivity contribution in [2.24, 2.45) is 5.73 Å². The fraction of sp³-hybridized carbons (Fsp3) is 0.455. The molecule has 0 fully saturated rings. The average molecular weight is 215 g/mol. The number of rotatable bonds is 4. The van der Waals surface area contributed by atoms with Crippen LogP contribution in [-0.2, 0) is 0 Å². The number of benzene rings is 1. The lowest BCUT2D eigenvalue weighted by Gasteiger charge is -2.15. The van der Waals surface area contributed by atoms with Crippen LogP contribution in [-0.4, -0.2) is 13.7 Å². The third-order valence-corrected chi connectivity index (χ3v) is 2.41. The Kier molecular flexibility index (Phi) is 4.03. The van der Waals surface area contributed by atoms with Crippen LogP contribution in [0.25, 0.3) is 0 Å². The molecule has 1 atom stereocenters. The van der Waals surface area contributed by atoms with Gasteiger partial charge in [-0.2, -0.15) is 0 Å². The number of ether oxygens (including phenoxy) is 1. The van der Waals surface area contributed by atoms with E-state index in [1.807, 2.05) is 6.92 Å². The van der Waals surface area contributed by atoms with Gasteiger partial charge < -0.3 is 10.5 Å². The van der Waals surface area contributed by atoms with Gasteiger partial charge in [0.2, 0.25) is 0 Å². The van der Waals surface area contributed by atoms with E-state index in [1.165, 1.54) is 19.2 Å². The Morgan fingerprint density at radius 2 is 2.00 bits per heavy atom. The van der Waals surface area contributed by atoms with Crippen LogP contribution in [0.3, 0.4) is 0 Å². The molecule has 0 heterocycles. The van der Waals surface area contributed by atoms with Crippen molar-refractivity contribution in [2.45, 2.75) is 19.3 Å². The van der Waals surface area contributed by atoms with E-state index in [9.17, 15) is 8.78 Å². The zero-order valence-electron chi connectivity index (χ0n) is 8.84. The van der Waals surface area contributed by atoms with Crippen LogP contribution in [0.2, 0.25) is 0 Å². The maximum absolute atomic E-state index is 12.7. The fourth-order valence-electron chi connectivity index (χ4n) is 1.43. The van der Waals surface area contributed by atoms with Gasteiger partial charge in [-0.05, 0) is 36.2 Å². The molecule has 0 spiro atoms. The van der Waals surface area contributed by atoms with Crippen molar-refractivity contribution in [2.75, 3.05) is 13.7 Å². The van der Waals surface area contributed by atoms with Gasteiger partial charge in [0.15, 0.2) is 0 Å². The van der Waals surface area contributed by atoms with E-state index in [0.29, 0.717) is 17.9 Å². The Bertz CT molecular complexity index is 328. The predicted molar refractivity (Wildman–Crippen MR) is 55.4 cm³/mol. The monoisotopic (exact) mass is 215 g/mol. The highest BCUT2D eigenvalue weighted by molar-refractivity contribution is 5.38. The smallest absolute Gasteiger partial charge is 0.264 e. The molecule has 0 bridgehead atoms. The van der Waals surface area contributed by atoms with Crippen LogP contribution in [0.5, 0.6) is 5.75 Å². The van der Waals surface area contributed by atoms with E-state index in [0.717, 1.165) is 0 Å². The molecular formula is C11H15F2NO. The van der Waals surface area contributed by atoms with Gasteiger partial charge in [-0.3, -0.25) is 0 Å². The molecule has 0 aliphatic heterocycles. The van der Waals surface area contributed by atoms with E-state index in [-0.39, 0.29) is 11.5 Å². The number of methoxy groups -OCH3 is 1. The van der Waals surface area contributed by atoms with E-state index < -0.39 is 6.43 Å². The van der Waals surface area contributed by atoms with Crippen molar-refractivity contribution < 1.29 is 13.5 Å². The molecule has 0 aliphatic carbocycles. The number of hydrogen-bond donors (Lipinski definition) is 1. The Morgan fingerprint density at radius 3 is 2.47 bits per heavy atom.